The van der Waals surface area contributed by atoms with Gasteiger partial charge in [-0.3, -0.25) is 0 Å². The largest absolute Gasteiger partial charge is 0.468 e. The van der Waals surface area contributed by atoms with E-state index < -0.39 is 0 Å². The zero-order valence-corrected chi connectivity index (χ0v) is 15.9. The van der Waals surface area contributed by atoms with Crippen molar-refractivity contribution < 1.29 is 13.3 Å². The minimum atomic E-state index is -0.112. The minimum absolute atomic E-state index is 0.112. The molecule has 0 N–H and O–H groups in total. The molecule has 0 saturated heterocycles. The van der Waals surface area contributed by atoms with Crippen molar-refractivity contribution in [3.8, 4) is 0 Å². The van der Waals surface area contributed by atoms with Gasteiger partial charge in [0.2, 0.25) is 0 Å². The SMILES string of the molecule is c1coc(C2(c3ccc(C4(c5ccco5)CCCCC4)o3)CCCCC2)c1. The molecule has 3 heteroatoms. The Morgan fingerprint density at radius 3 is 1.33 bits per heavy atom. The molecule has 0 atom stereocenters. The maximum Gasteiger partial charge on any atom is 0.117 e. The predicted octanol–water partition coefficient (Wildman–Crippen LogP) is 6.97. The molecule has 2 saturated carbocycles. The Bertz CT molecular complexity index is 771. The fourth-order valence-corrected chi connectivity index (χ4v) is 5.49. The first kappa shape index (κ1) is 17.0. The van der Waals surface area contributed by atoms with Gasteiger partial charge in [-0.25, -0.2) is 0 Å². The van der Waals surface area contributed by atoms with E-state index in [1.54, 1.807) is 12.5 Å². The Morgan fingerprint density at radius 2 is 0.963 bits per heavy atom. The Morgan fingerprint density at radius 1 is 0.519 bits per heavy atom. The first-order valence-electron chi connectivity index (χ1n) is 10.5. The molecular weight excluding hydrogens is 336 g/mol. The van der Waals surface area contributed by atoms with Crippen molar-refractivity contribution in [3.05, 3.63) is 72.0 Å². The van der Waals surface area contributed by atoms with E-state index in [2.05, 4.69) is 24.3 Å². The molecule has 3 aromatic rings. The molecule has 5 rings (SSSR count). The molecule has 142 valence electrons. The summed E-state index contributed by atoms with van der Waals surface area (Å²) in [6, 6.07) is 12.7. The summed E-state index contributed by atoms with van der Waals surface area (Å²) in [7, 11) is 0. The summed E-state index contributed by atoms with van der Waals surface area (Å²) in [5, 5.41) is 0. The lowest BCUT2D eigenvalue weighted by Gasteiger charge is -2.35. The molecule has 0 amide bonds. The van der Waals surface area contributed by atoms with Gasteiger partial charge in [-0.1, -0.05) is 38.5 Å². The summed E-state index contributed by atoms with van der Waals surface area (Å²) in [5.41, 5.74) is -0.224. The molecule has 0 aromatic carbocycles. The highest BCUT2D eigenvalue weighted by Crippen LogP contribution is 2.50. The highest BCUT2D eigenvalue weighted by atomic mass is 16.4. The van der Waals surface area contributed by atoms with Crippen LogP contribution >= 0.6 is 0 Å². The molecule has 0 unspecified atom stereocenters. The van der Waals surface area contributed by atoms with Gasteiger partial charge in [-0.05, 0) is 62.1 Å². The second-order valence-corrected chi connectivity index (χ2v) is 8.40. The van der Waals surface area contributed by atoms with Gasteiger partial charge in [0.1, 0.15) is 23.0 Å². The van der Waals surface area contributed by atoms with E-state index in [0.29, 0.717) is 0 Å². The zero-order valence-electron chi connectivity index (χ0n) is 15.9. The topological polar surface area (TPSA) is 39.4 Å². The van der Waals surface area contributed by atoms with Crippen LogP contribution in [0.4, 0.5) is 0 Å². The van der Waals surface area contributed by atoms with Crippen LogP contribution in [-0.2, 0) is 10.8 Å². The highest BCUT2D eigenvalue weighted by Gasteiger charge is 2.45. The van der Waals surface area contributed by atoms with Gasteiger partial charge in [0, 0.05) is 0 Å². The molecule has 3 heterocycles. The van der Waals surface area contributed by atoms with Gasteiger partial charge in [-0.2, -0.15) is 0 Å². The van der Waals surface area contributed by atoms with Crippen LogP contribution in [0.15, 0.2) is 62.2 Å². The fraction of sp³-hybridized carbons (Fsp3) is 0.500. The van der Waals surface area contributed by atoms with Crippen molar-refractivity contribution in [2.75, 3.05) is 0 Å². The first-order valence-corrected chi connectivity index (χ1v) is 10.5. The third kappa shape index (κ3) is 2.70. The Kier molecular flexibility index (Phi) is 4.26. The fourth-order valence-electron chi connectivity index (χ4n) is 5.49. The number of furan rings is 3. The van der Waals surface area contributed by atoms with Crippen molar-refractivity contribution in [1.82, 2.24) is 0 Å². The number of hydrogen-bond donors (Lipinski definition) is 0. The number of hydrogen-bond acceptors (Lipinski definition) is 3. The van der Waals surface area contributed by atoms with Gasteiger partial charge in [-0.15, -0.1) is 0 Å². The second kappa shape index (κ2) is 6.78. The van der Waals surface area contributed by atoms with Crippen LogP contribution in [0.1, 0.15) is 87.2 Å². The molecule has 2 aliphatic carbocycles. The molecule has 3 aromatic heterocycles. The third-order valence-electron chi connectivity index (χ3n) is 6.95. The zero-order chi connectivity index (χ0) is 18.2. The molecule has 0 spiro atoms. The van der Waals surface area contributed by atoms with Crippen molar-refractivity contribution >= 4 is 0 Å². The molecule has 0 radical (unpaired) electrons. The average molecular weight is 364 g/mol. The molecule has 2 fully saturated rings. The van der Waals surface area contributed by atoms with E-state index in [0.717, 1.165) is 48.7 Å². The lowest BCUT2D eigenvalue weighted by Crippen LogP contribution is -2.31. The normalized spacial score (nSPS) is 21.9. The molecule has 3 nitrogen and oxygen atoms in total. The third-order valence-corrected chi connectivity index (χ3v) is 6.95. The minimum Gasteiger partial charge on any atom is -0.468 e. The smallest absolute Gasteiger partial charge is 0.117 e. The van der Waals surface area contributed by atoms with Crippen LogP contribution in [0.5, 0.6) is 0 Å². The maximum atomic E-state index is 6.70. The predicted molar refractivity (Wildman–Crippen MR) is 104 cm³/mol. The summed E-state index contributed by atoms with van der Waals surface area (Å²) in [6.45, 7) is 0. The maximum absolute atomic E-state index is 6.70. The Hall–Kier alpha value is -2.16. The average Bonchev–Trinajstić information content (AvgIpc) is 3.52. The van der Waals surface area contributed by atoms with Crippen molar-refractivity contribution in [2.24, 2.45) is 0 Å². The van der Waals surface area contributed by atoms with E-state index in [1.165, 1.54) is 38.5 Å². The van der Waals surface area contributed by atoms with Crippen LogP contribution in [0.2, 0.25) is 0 Å². The summed E-state index contributed by atoms with van der Waals surface area (Å²) < 4.78 is 18.5. The van der Waals surface area contributed by atoms with E-state index in [9.17, 15) is 0 Å². The van der Waals surface area contributed by atoms with Crippen molar-refractivity contribution in [2.45, 2.75) is 75.0 Å². The van der Waals surface area contributed by atoms with E-state index in [4.69, 9.17) is 13.3 Å². The molecular formula is C24H28O3. The summed E-state index contributed by atoms with van der Waals surface area (Å²) >= 11 is 0. The van der Waals surface area contributed by atoms with Crippen molar-refractivity contribution in [1.29, 1.82) is 0 Å². The highest BCUT2D eigenvalue weighted by molar-refractivity contribution is 5.35. The van der Waals surface area contributed by atoms with Gasteiger partial charge in [0.05, 0.1) is 23.4 Å². The van der Waals surface area contributed by atoms with Gasteiger partial charge >= 0.3 is 0 Å². The van der Waals surface area contributed by atoms with Gasteiger partial charge in [0.15, 0.2) is 0 Å². The van der Waals surface area contributed by atoms with Crippen LogP contribution in [0.3, 0.4) is 0 Å². The molecule has 0 aliphatic heterocycles. The summed E-state index contributed by atoms with van der Waals surface area (Å²) in [4.78, 5) is 0. The Balaban J connectivity index is 1.58. The van der Waals surface area contributed by atoms with Crippen LogP contribution < -0.4 is 0 Å². The summed E-state index contributed by atoms with van der Waals surface area (Å²) in [6.07, 6.45) is 15.5. The monoisotopic (exact) mass is 364 g/mol. The lowest BCUT2D eigenvalue weighted by atomic mass is 9.70. The van der Waals surface area contributed by atoms with Gasteiger partial charge in [0.25, 0.3) is 0 Å². The molecule has 0 bridgehead atoms. The number of rotatable bonds is 4. The van der Waals surface area contributed by atoms with Crippen LogP contribution in [0, 0.1) is 0 Å². The Labute approximate surface area is 160 Å². The lowest BCUT2D eigenvalue weighted by molar-refractivity contribution is 0.211. The van der Waals surface area contributed by atoms with E-state index in [1.807, 2.05) is 12.1 Å². The van der Waals surface area contributed by atoms with E-state index in [-0.39, 0.29) is 10.8 Å². The van der Waals surface area contributed by atoms with Gasteiger partial charge < -0.3 is 13.3 Å². The van der Waals surface area contributed by atoms with E-state index >= 15 is 0 Å². The van der Waals surface area contributed by atoms with Crippen LogP contribution in [0.25, 0.3) is 0 Å². The molecule has 27 heavy (non-hydrogen) atoms. The van der Waals surface area contributed by atoms with Crippen LogP contribution in [-0.4, -0.2) is 0 Å². The first-order chi connectivity index (χ1) is 13.3. The second-order valence-electron chi connectivity index (χ2n) is 8.40. The molecule has 2 aliphatic rings. The quantitative estimate of drug-likeness (QED) is 0.502. The van der Waals surface area contributed by atoms with Crippen molar-refractivity contribution in [3.63, 3.8) is 0 Å². The standard InChI is InChI=1S/C24H28O3/c1-3-13-23(14-4-1,19-9-7-17-25-19)21-11-12-22(27-21)24(15-5-2-6-16-24)20-10-8-18-26-20/h7-12,17-18H,1-6,13-16H2. The summed E-state index contributed by atoms with van der Waals surface area (Å²) in [5.74, 6) is 4.25.